The Balaban J connectivity index is 1.32. The molecule has 2 aliphatic heterocycles. The molecule has 1 amide bonds. The molecule has 5 rings (SSSR count). The first kappa shape index (κ1) is 25.9. The van der Waals surface area contributed by atoms with Crippen molar-refractivity contribution in [2.24, 2.45) is 5.92 Å². The normalized spacial score (nSPS) is 16.3. The van der Waals surface area contributed by atoms with Crippen molar-refractivity contribution in [1.29, 1.82) is 0 Å². The molecular formula is C25H32BrN6O4S+. The predicted octanol–water partition coefficient (Wildman–Crippen LogP) is 4.55. The number of aromatic nitrogens is 4. The van der Waals surface area contributed by atoms with Crippen molar-refractivity contribution in [3.63, 3.8) is 0 Å². The highest BCUT2D eigenvalue weighted by atomic mass is 79.9. The number of aromatic amines is 1. The van der Waals surface area contributed by atoms with Crippen LogP contribution in [0.25, 0.3) is 11.2 Å². The van der Waals surface area contributed by atoms with E-state index in [9.17, 15) is 4.79 Å². The number of anilines is 1. The minimum atomic E-state index is -0.482. The Hall–Kier alpha value is -2.73. The number of nitrogens with zero attached hydrogens (tertiary/aromatic N) is 4. The van der Waals surface area contributed by atoms with Crippen molar-refractivity contribution in [3.8, 4) is 11.5 Å². The Labute approximate surface area is 228 Å². The number of halogens is 1. The van der Waals surface area contributed by atoms with Crippen LogP contribution in [0.3, 0.4) is 0 Å². The molecule has 198 valence electrons. The monoisotopic (exact) mass is 591 g/mol. The third kappa shape index (κ3) is 5.90. The highest BCUT2D eigenvalue weighted by Gasteiger charge is 2.29. The van der Waals surface area contributed by atoms with Crippen LogP contribution in [0.15, 0.2) is 33.0 Å². The summed E-state index contributed by atoms with van der Waals surface area (Å²) in [5.41, 5.74) is 7.19. The molecule has 1 saturated heterocycles. The van der Waals surface area contributed by atoms with E-state index in [0.29, 0.717) is 38.0 Å². The van der Waals surface area contributed by atoms with E-state index >= 15 is 0 Å². The van der Waals surface area contributed by atoms with E-state index in [1.165, 1.54) is 6.33 Å². The number of hydrogen-bond donors (Lipinski definition) is 2. The Morgan fingerprint density at radius 2 is 1.95 bits per heavy atom. The second-order valence-corrected chi connectivity index (χ2v) is 12.2. The van der Waals surface area contributed by atoms with Crippen LogP contribution in [0, 0.1) is 5.92 Å². The SMILES string of the molecule is CC(C)(C)OC(=O)N1CCC(CC[n+]2c(Sc3cc4c(cc3Br)OCCO4)[nH]c3c(N)ncnc32)CC1. The Morgan fingerprint density at radius 1 is 1.24 bits per heavy atom. The molecule has 12 heteroatoms. The summed E-state index contributed by atoms with van der Waals surface area (Å²) in [7, 11) is 0. The first-order chi connectivity index (χ1) is 17.7. The number of nitrogens with two attached hydrogens (primary N) is 1. The van der Waals surface area contributed by atoms with Gasteiger partial charge in [-0.3, -0.25) is 4.98 Å². The maximum atomic E-state index is 12.4. The van der Waals surface area contributed by atoms with Crippen LogP contribution in [-0.2, 0) is 11.3 Å². The van der Waals surface area contributed by atoms with Gasteiger partial charge in [-0.2, -0.15) is 4.98 Å². The van der Waals surface area contributed by atoms with E-state index in [1.54, 1.807) is 11.8 Å². The molecule has 0 unspecified atom stereocenters. The molecule has 0 bridgehead atoms. The number of ether oxygens (including phenoxy) is 3. The Morgan fingerprint density at radius 3 is 2.65 bits per heavy atom. The zero-order chi connectivity index (χ0) is 26.2. The summed E-state index contributed by atoms with van der Waals surface area (Å²) in [5, 5.41) is 0.908. The fraction of sp³-hybridized carbons (Fsp3) is 0.520. The molecule has 0 saturated carbocycles. The predicted molar refractivity (Wildman–Crippen MR) is 143 cm³/mol. The summed E-state index contributed by atoms with van der Waals surface area (Å²) >= 11 is 5.25. The van der Waals surface area contributed by atoms with Gasteiger partial charge in [-0.15, -0.1) is 0 Å². The number of benzene rings is 1. The standard InChI is InChI=1S/C25H31BrN6O4S/c1-25(2,3)36-24(33)31-7-4-15(5-8-31)6-9-32-22-20(21(27)28-14-29-22)30-23(32)37-19-13-18-17(12-16(19)26)34-10-11-35-18/h12-15H,4-11H2,1-3H3,(H2,27,28,29)/p+1. The van der Waals surface area contributed by atoms with Gasteiger partial charge in [-0.05, 0) is 85.8 Å². The number of fused-ring (bicyclic) bond motifs is 2. The van der Waals surface area contributed by atoms with Gasteiger partial charge in [0.25, 0.3) is 5.16 Å². The number of rotatable bonds is 5. The molecule has 3 N–H and O–H groups in total. The molecule has 4 heterocycles. The van der Waals surface area contributed by atoms with Crippen molar-refractivity contribution in [2.45, 2.75) is 62.2 Å². The van der Waals surface area contributed by atoms with Gasteiger partial charge in [0.1, 0.15) is 18.8 Å². The molecule has 3 aromatic rings. The number of H-pyrrole nitrogens is 1. The zero-order valence-electron chi connectivity index (χ0n) is 21.3. The molecule has 2 aromatic heterocycles. The number of carbonyl (C=O) groups excluding carboxylic acids is 1. The van der Waals surface area contributed by atoms with Crippen LogP contribution in [0.5, 0.6) is 11.5 Å². The van der Waals surface area contributed by atoms with E-state index in [-0.39, 0.29) is 6.09 Å². The fourth-order valence-electron chi connectivity index (χ4n) is 4.54. The molecule has 2 aliphatic rings. The van der Waals surface area contributed by atoms with Crippen LogP contribution in [-0.4, -0.2) is 57.8 Å². The highest BCUT2D eigenvalue weighted by molar-refractivity contribution is 9.10. The lowest BCUT2D eigenvalue weighted by Gasteiger charge is -2.33. The molecule has 10 nitrogen and oxygen atoms in total. The number of aryl methyl sites for hydroxylation is 1. The number of likely N-dealkylation sites (tertiary alicyclic amines) is 1. The van der Waals surface area contributed by atoms with Crippen molar-refractivity contribution < 1.29 is 23.6 Å². The minimum Gasteiger partial charge on any atom is -0.486 e. The second-order valence-electron chi connectivity index (χ2n) is 10.3. The smallest absolute Gasteiger partial charge is 0.410 e. The van der Waals surface area contributed by atoms with E-state index in [4.69, 9.17) is 19.9 Å². The second kappa shape index (κ2) is 10.6. The van der Waals surface area contributed by atoms with E-state index in [2.05, 4.69) is 35.4 Å². The van der Waals surface area contributed by atoms with Crippen molar-refractivity contribution in [3.05, 3.63) is 22.9 Å². The largest absolute Gasteiger partial charge is 0.486 e. The van der Waals surface area contributed by atoms with Crippen LogP contribution in [0.4, 0.5) is 10.6 Å². The van der Waals surface area contributed by atoms with Gasteiger partial charge in [0.15, 0.2) is 23.6 Å². The van der Waals surface area contributed by atoms with E-state index in [0.717, 1.165) is 63.0 Å². The number of nitrogens with one attached hydrogen (secondary N) is 1. The third-order valence-corrected chi connectivity index (χ3v) is 8.41. The van der Waals surface area contributed by atoms with Gasteiger partial charge < -0.3 is 24.8 Å². The summed E-state index contributed by atoms with van der Waals surface area (Å²) in [4.78, 5) is 27.4. The average molecular weight is 593 g/mol. The minimum absolute atomic E-state index is 0.229. The first-order valence-electron chi connectivity index (χ1n) is 12.4. The molecule has 0 atom stereocenters. The van der Waals surface area contributed by atoms with Gasteiger partial charge in [0, 0.05) is 22.5 Å². The Bertz CT molecular complexity index is 1300. The van der Waals surface area contributed by atoms with Crippen LogP contribution in [0.1, 0.15) is 40.0 Å². The summed E-state index contributed by atoms with van der Waals surface area (Å²) in [6, 6.07) is 3.93. The molecule has 1 aromatic carbocycles. The van der Waals surface area contributed by atoms with E-state index < -0.39 is 5.60 Å². The highest BCUT2D eigenvalue weighted by Crippen LogP contribution is 2.41. The maximum Gasteiger partial charge on any atom is 0.410 e. The molecule has 37 heavy (non-hydrogen) atoms. The van der Waals surface area contributed by atoms with Crippen molar-refractivity contribution in [1.82, 2.24) is 19.9 Å². The van der Waals surface area contributed by atoms with Crippen molar-refractivity contribution >= 4 is 50.8 Å². The van der Waals surface area contributed by atoms with E-state index in [1.807, 2.05) is 37.8 Å². The number of amides is 1. The van der Waals surface area contributed by atoms with Gasteiger partial charge in [-0.1, -0.05) is 4.98 Å². The summed E-state index contributed by atoms with van der Waals surface area (Å²) < 4.78 is 20.1. The molecule has 0 spiro atoms. The lowest BCUT2D eigenvalue weighted by molar-refractivity contribution is -0.711. The molecule has 0 aliphatic carbocycles. The summed E-state index contributed by atoms with van der Waals surface area (Å²) in [6.07, 6.45) is 4.10. The van der Waals surface area contributed by atoms with Crippen LogP contribution >= 0.6 is 27.7 Å². The number of piperidine rings is 1. The van der Waals surface area contributed by atoms with Gasteiger partial charge in [0.05, 0.1) is 6.54 Å². The molecular weight excluding hydrogens is 560 g/mol. The van der Waals surface area contributed by atoms with Crippen LogP contribution in [0.2, 0.25) is 0 Å². The quantitative estimate of drug-likeness (QED) is 0.415. The van der Waals surface area contributed by atoms with Gasteiger partial charge in [0.2, 0.25) is 5.52 Å². The fourth-order valence-corrected chi connectivity index (χ4v) is 6.08. The Kier molecular flexibility index (Phi) is 7.39. The molecule has 0 radical (unpaired) electrons. The zero-order valence-corrected chi connectivity index (χ0v) is 23.7. The molecule has 1 fully saturated rings. The number of hydrogen-bond acceptors (Lipinski definition) is 8. The third-order valence-electron chi connectivity index (χ3n) is 6.42. The lowest BCUT2D eigenvalue weighted by atomic mass is 9.94. The topological polar surface area (TPSA) is 119 Å². The number of carbonyl (C=O) groups is 1. The summed E-state index contributed by atoms with van der Waals surface area (Å²) in [6.45, 7) is 8.94. The van der Waals surface area contributed by atoms with Crippen molar-refractivity contribution in [2.75, 3.05) is 32.0 Å². The first-order valence-corrected chi connectivity index (χ1v) is 14.1. The lowest BCUT2D eigenvalue weighted by Crippen LogP contribution is -2.43. The maximum absolute atomic E-state index is 12.4. The van der Waals surface area contributed by atoms with Gasteiger partial charge in [-0.25, -0.2) is 9.36 Å². The van der Waals surface area contributed by atoms with Crippen LogP contribution < -0.4 is 19.8 Å². The van der Waals surface area contributed by atoms with Gasteiger partial charge >= 0.3 is 11.7 Å². The average Bonchev–Trinajstić information content (AvgIpc) is 3.21. The number of nitrogen functional groups attached to an aromatic ring is 1. The summed E-state index contributed by atoms with van der Waals surface area (Å²) in [5.74, 6) is 2.38. The number of imidazole rings is 1.